The van der Waals surface area contributed by atoms with Crippen LogP contribution in [0.5, 0.6) is 0 Å². The maximum absolute atomic E-state index is 2.54. The highest BCUT2D eigenvalue weighted by atomic mass is 28.3. The Morgan fingerprint density at radius 2 is 0.945 bits per heavy atom. The molecular weight excluding hydrogens is 697 g/mol. The monoisotopic (exact) mass is 742 g/mol. The largest absolute Gasteiger partial charge is 0.310 e. The van der Waals surface area contributed by atoms with E-state index in [2.05, 4.69) is 231 Å². The van der Waals surface area contributed by atoms with E-state index in [4.69, 9.17) is 0 Å². The molecular formula is C51H46N2Si2. The minimum absolute atomic E-state index is 1.15. The Labute approximate surface area is 328 Å². The van der Waals surface area contributed by atoms with Crippen molar-refractivity contribution in [2.24, 2.45) is 0 Å². The Morgan fingerprint density at radius 1 is 0.400 bits per heavy atom. The van der Waals surface area contributed by atoms with Crippen molar-refractivity contribution in [3.8, 4) is 22.3 Å². The van der Waals surface area contributed by atoms with Crippen LogP contribution in [-0.2, 0) is 0 Å². The Balaban J connectivity index is 1.22. The van der Waals surface area contributed by atoms with Crippen molar-refractivity contribution < 1.29 is 0 Å². The molecule has 0 atom stereocenters. The van der Waals surface area contributed by atoms with Gasteiger partial charge in [0, 0.05) is 33.7 Å². The van der Waals surface area contributed by atoms with E-state index < -0.39 is 16.1 Å². The van der Waals surface area contributed by atoms with Gasteiger partial charge in [-0.2, -0.15) is 0 Å². The van der Waals surface area contributed by atoms with Crippen molar-refractivity contribution in [3.05, 3.63) is 188 Å². The smallest absolute Gasteiger partial charge is 0.113 e. The second kappa shape index (κ2) is 13.7. The van der Waals surface area contributed by atoms with Gasteiger partial charge in [-0.15, -0.1) is 0 Å². The van der Waals surface area contributed by atoms with Crippen LogP contribution in [0.2, 0.25) is 32.7 Å². The average Bonchev–Trinajstić information content (AvgIpc) is 3.22. The zero-order chi connectivity index (χ0) is 37.7. The lowest BCUT2D eigenvalue weighted by Crippen LogP contribution is -2.56. The third-order valence-electron chi connectivity index (χ3n) is 11.4. The predicted molar refractivity (Wildman–Crippen MR) is 244 cm³/mol. The van der Waals surface area contributed by atoms with E-state index in [1.807, 2.05) is 0 Å². The second-order valence-corrected chi connectivity index (χ2v) is 25.6. The molecule has 0 amide bonds. The Morgan fingerprint density at radius 3 is 1.60 bits per heavy atom. The van der Waals surface area contributed by atoms with Gasteiger partial charge in [0.25, 0.3) is 0 Å². The second-order valence-electron chi connectivity index (χ2n) is 16.2. The molecule has 9 rings (SSSR count). The van der Waals surface area contributed by atoms with Gasteiger partial charge in [-0.1, -0.05) is 165 Å². The number of hydrogen-bond acceptors (Lipinski definition) is 2. The van der Waals surface area contributed by atoms with Crippen molar-refractivity contribution >= 4 is 76.6 Å². The van der Waals surface area contributed by atoms with Crippen molar-refractivity contribution in [1.29, 1.82) is 0 Å². The highest BCUT2D eigenvalue weighted by Gasteiger charge is 2.37. The minimum Gasteiger partial charge on any atom is -0.310 e. The fourth-order valence-electron chi connectivity index (χ4n) is 8.55. The molecule has 0 radical (unpaired) electrons. The van der Waals surface area contributed by atoms with E-state index in [0.717, 1.165) is 11.4 Å². The third kappa shape index (κ3) is 6.12. The molecule has 0 aromatic heterocycles. The van der Waals surface area contributed by atoms with Gasteiger partial charge >= 0.3 is 0 Å². The number of hydrogen-bond donors (Lipinski definition) is 0. The molecule has 0 aliphatic carbocycles. The molecule has 0 N–H and O–H groups in total. The zero-order valence-electron chi connectivity index (χ0n) is 32.3. The molecule has 0 unspecified atom stereocenters. The van der Waals surface area contributed by atoms with Crippen LogP contribution in [0.15, 0.2) is 188 Å². The standard InChI is InChI=1S/C51H46N2Si2/c1-54(2,3)42-31-28-40(29-32-42)52(38-20-11-7-12-21-38)48-35-34-45-44-33-30-41(36-50(44)55(4,5)49-27-17-25-46(48)51(45)49)53(39-22-13-8-14-23-39)47-26-16-15-24-43(47)37-18-9-6-10-19-37/h6-36H,1-5H3. The lowest BCUT2D eigenvalue weighted by atomic mass is 9.95. The van der Waals surface area contributed by atoms with Crippen molar-refractivity contribution in [1.82, 2.24) is 0 Å². The first kappa shape index (κ1) is 34.8. The summed E-state index contributed by atoms with van der Waals surface area (Å²) < 4.78 is 0. The van der Waals surface area contributed by atoms with Gasteiger partial charge in [0.15, 0.2) is 0 Å². The van der Waals surface area contributed by atoms with Crippen LogP contribution < -0.4 is 25.4 Å². The quantitative estimate of drug-likeness (QED) is 0.143. The first-order valence-corrected chi connectivity index (χ1v) is 25.9. The molecule has 8 aromatic rings. The molecule has 1 aliphatic heterocycles. The summed E-state index contributed by atoms with van der Waals surface area (Å²) in [7, 11) is -3.65. The Bertz CT molecular complexity index is 2650. The van der Waals surface area contributed by atoms with Gasteiger partial charge in [0.2, 0.25) is 0 Å². The van der Waals surface area contributed by atoms with Crippen LogP contribution >= 0.6 is 0 Å². The summed E-state index contributed by atoms with van der Waals surface area (Å²) in [6, 6.07) is 69.6. The summed E-state index contributed by atoms with van der Waals surface area (Å²) in [6.07, 6.45) is 0. The van der Waals surface area contributed by atoms with Crippen LogP contribution in [0.25, 0.3) is 33.0 Å². The van der Waals surface area contributed by atoms with Gasteiger partial charge in [0.1, 0.15) is 8.07 Å². The van der Waals surface area contributed by atoms with Gasteiger partial charge in [0.05, 0.1) is 19.4 Å². The van der Waals surface area contributed by atoms with Crippen LogP contribution in [0.4, 0.5) is 34.1 Å². The number of para-hydroxylation sites is 3. The molecule has 0 spiro atoms. The summed E-state index contributed by atoms with van der Waals surface area (Å²) in [5.41, 5.74) is 12.1. The van der Waals surface area contributed by atoms with Crippen molar-refractivity contribution in [2.75, 3.05) is 9.80 Å². The molecule has 0 fully saturated rings. The molecule has 0 bridgehead atoms. The van der Waals surface area contributed by atoms with Crippen molar-refractivity contribution in [2.45, 2.75) is 32.7 Å². The van der Waals surface area contributed by atoms with Gasteiger partial charge in [-0.3, -0.25) is 0 Å². The third-order valence-corrected chi connectivity index (χ3v) is 17.0. The summed E-state index contributed by atoms with van der Waals surface area (Å²) in [6.45, 7) is 12.3. The zero-order valence-corrected chi connectivity index (χ0v) is 34.3. The number of fused-ring (bicyclic) bond motifs is 2. The van der Waals surface area contributed by atoms with Gasteiger partial charge in [-0.05, 0) is 93.1 Å². The topological polar surface area (TPSA) is 6.48 Å². The van der Waals surface area contributed by atoms with E-state index in [9.17, 15) is 0 Å². The first-order valence-electron chi connectivity index (χ1n) is 19.4. The van der Waals surface area contributed by atoms with Crippen LogP contribution in [0, 0.1) is 0 Å². The van der Waals surface area contributed by atoms with E-state index >= 15 is 0 Å². The maximum atomic E-state index is 2.54. The van der Waals surface area contributed by atoms with E-state index in [0.29, 0.717) is 0 Å². The summed E-state index contributed by atoms with van der Waals surface area (Å²) in [5, 5.41) is 7.12. The molecule has 4 heteroatoms. The fraction of sp³-hybridized carbons (Fsp3) is 0.0980. The fourth-order valence-corrected chi connectivity index (χ4v) is 12.8. The average molecular weight is 743 g/mol. The van der Waals surface area contributed by atoms with E-state index in [1.165, 1.54) is 71.3 Å². The Hall–Kier alpha value is -5.95. The first-order chi connectivity index (χ1) is 26.7. The van der Waals surface area contributed by atoms with Crippen molar-refractivity contribution in [3.63, 3.8) is 0 Å². The SMILES string of the molecule is C[Si](C)(C)c1ccc(N(c2ccccc2)c2ccc3c4c(cccc24)[Si](C)(C)c2cc(N(c4ccccc4)c4ccccc4-c4ccccc4)ccc2-3)cc1. The lowest BCUT2D eigenvalue weighted by molar-refractivity contribution is 1.28. The summed E-state index contributed by atoms with van der Waals surface area (Å²) in [4.78, 5) is 4.89. The predicted octanol–water partition coefficient (Wildman–Crippen LogP) is 12.8. The van der Waals surface area contributed by atoms with Crippen LogP contribution in [0.3, 0.4) is 0 Å². The number of benzene rings is 8. The molecule has 1 aliphatic rings. The molecule has 0 saturated carbocycles. The molecule has 2 nitrogen and oxygen atoms in total. The lowest BCUT2D eigenvalue weighted by Gasteiger charge is -2.36. The molecule has 0 saturated heterocycles. The highest BCUT2D eigenvalue weighted by Crippen LogP contribution is 2.45. The van der Waals surface area contributed by atoms with Gasteiger partial charge < -0.3 is 9.80 Å². The normalized spacial score (nSPS) is 13.0. The van der Waals surface area contributed by atoms with Crippen LogP contribution in [-0.4, -0.2) is 16.1 Å². The summed E-state index contributed by atoms with van der Waals surface area (Å²) in [5.74, 6) is 0. The molecule has 8 aromatic carbocycles. The van der Waals surface area contributed by atoms with E-state index in [1.54, 1.807) is 0 Å². The molecule has 1 heterocycles. The molecule has 55 heavy (non-hydrogen) atoms. The van der Waals surface area contributed by atoms with Crippen LogP contribution in [0.1, 0.15) is 0 Å². The highest BCUT2D eigenvalue weighted by molar-refractivity contribution is 7.03. The molecule has 268 valence electrons. The van der Waals surface area contributed by atoms with E-state index in [-0.39, 0.29) is 0 Å². The number of nitrogens with zero attached hydrogens (tertiary/aromatic N) is 2. The number of rotatable bonds is 8. The van der Waals surface area contributed by atoms with Gasteiger partial charge in [-0.25, -0.2) is 0 Å². The Kier molecular flexibility index (Phi) is 8.68. The number of anilines is 6. The minimum atomic E-state index is -2.20. The summed E-state index contributed by atoms with van der Waals surface area (Å²) >= 11 is 0. The maximum Gasteiger partial charge on any atom is 0.113 e.